The van der Waals surface area contributed by atoms with Gasteiger partial charge in [0.1, 0.15) is 9.09 Å². The van der Waals surface area contributed by atoms with Gasteiger partial charge in [0.2, 0.25) is 0 Å². The summed E-state index contributed by atoms with van der Waals surface area (Å²) < 4.78 is 34.1. The van der Waals surface area contributed by atoms with Crippen molar-refractivity contribution in [2.75, 3.05) is 11.3 Å². The summed E-state index contributed by atoms with van der Waals surface area (Å²) in [6.07, 6.45) is 0. The van der Waals surface area contributed by atoms with Gasteiger partial charge in [-0.25, -0.2) is 18.2 Å². The number of nitrogens with one attached hydrogen (secondary N) is 1. The van der Waals surface area contributed by atoms with Gasteiger partial charge in [-0.1, -0.05) is 22.9 Å². The van der Waals surface area contributed by atoms with E-state index in [-0.39, 0.29) is 20.8 Å². The van der Waals surface area contributed by atoms with E-state index in [4.69, 9.17) is 16.3 Å². The molecule has 0 aliphatic carbocycles. The molecule has 1 N–H and O–H groups in total. The van der Waals surface area contributed by atoms with Crippen LogP contribution in [0, 0.1) is 13.8 Å². The van der Waals surface area contributed by atoms with Gasteiger partial charge >= 0.3 is 5.97 Å². The number of aromatic nitrogens is 1. The van der Waals surface area contributed by atoms with Crippen molar-refractivity contribution < 1.29 is 17.9 Å². The van der Waals surface area contributed by atoms with Gasteiger partial charge in [0.25, 0.3) is 10.0 Å². The molecular formula is C16H15ClN2O4S3. The number of sulfonamides is 1. The van der Waals surface area contributed by atoms with Crippen molar-refractivity contribution in [1.29, 1.82) is 0 Å². The molecule has 0 amide bonds. The van der Waals surface area contributed by atoms with Crippen LogP contribution in [0.15, 0.2) is 22.4 Å². The number of thiazole rings is 1. The summed E-state index contributed by atoms with van der Waals surface area (Å²) in [5.41, 5.74) is 1.05. The van der Waals surface area contributed by atoms with Crippen LogP contribution in [-0.4, -0.2) is 26.0 Å². The highest BCUT2D eigenvalue weighted by atomic mass is 35.5. The molecule has 0 radical (unpaired) electrons. The van der Waals surface area contributed by atoms with E-state index in [2.05, 4.69) is 9.71 Å². The van der Waals surface area contributed by atoms with Gasteiger partial charge in [-0.2, -0.15) is 0 Å². The van der Waals surface area contributed by atoms with Gasteiger partial charge in [0.05, 0.1) is 12.3 Å². The Kier molecular flexibility index (Phi) is 5.25. The van der Waals surface area contributed by atoms with E-state index in [1.807, 2.05) is 0 Å². The summed E-state index contributed by atoms with van der Waals surface area (Å²) in [7, 11) is -3.84. The van der Waals surface area contributed by atoms with Crippen LogP contribution in [0.5, 0.6) is 0 Å². The third-order valence-electron chi connectivity index (χ3n) is 3.58. The average molecular weight is 431 g/mol. The Labute approximate surface area is 163 Å². The topological polar surface area (TPSA) is 85.4 Å². The van der Waals surface area contributed by atoms with Gasteiger partial charge < -0.3 is 4.74 Å². The number of hydrogen-bond donors (Lipinski definition) is 1. The Morgan fingerprint density at radius 3 is 2.73 bits per heavy atom. The number of nitrogens with zero attached hydrogens (tertiary/aromatic N) is 1. The second-order valence-electron chi connectivity index (χ2n) is 5.41. The third kappa shape index (κ3) is 3.57. The smallest absolute Gasteiger partial charge is 0.350 e. The van der Waals surface area contributed by atoms with Crippen LogP contribution in [0.25, 0.3) is 10.1 Å². The average Bonchev–Trinajstić information content (AvgIpc) is 3.08. The zero-order valence-electron chi connectivity index (χ0n) is 14.1. The zero-order chi connectivity index (χ0) is 19.1. The minimum Gasteiger partial charge on any atom is -0.462 e. The van der Waals surface area contributed by atoms with Crippen molar-refractivity contribution >= 4 is 65.5 Å². The minimum absolute atomic E-state index is 0.125. The summed E-state index contributed by atoms with van der Waals surface area (Å²) in [4.78, 5) is 16.3. The van der Waals surface area contributed by atoms with E-state index in [0.29, 0.717) is 16.3 Å². The number of carbonyl (C=O) groups is 1. The lowest BCUT2D eigenvalue weighted by Gasteiger charge is -2.03. The number of carbonyl (C=O) groups excluding carboxylic acids is 1. The first kappa shape index (κ1) is 19.1. The normalized spacial score (nSPS) is 11.7. The molecule has 1 aromatic carbocycles. The Morgan fingerprint density at radius 1 is 1.31 bits per heavy atom. The number of aryl methyl sites for hydroxylation is 2. The number of esters is 1. The number of rotatable bonds is 5. The van der Waals surface area contributed by atoms with Crippen LogP contribution in [0.4, 0.5) is 5.13 Å². The van der Waals surface area contributed by atoms with Crippen molar-refractivity contribution in [2.45, 2.75) is 25.0 Å². The van der Waals surface area contributed by atoms with Crippen LogP contribution in [0.1, 0.15) is 27.9 Å². The number of ether oxygens (including phenoxy) is 1. The zero-order valence-corrected chi connectivity index (χ0v) is 17.3. The number of benzene rings is 1. The predicted octanol–water partition coefficient (Wildman–Crippen LogP) is 4.61. The quantitative estimate of drug-likeness (QED) is 0.597. The predicted molar refractivity (Wildman–Crippen MR) is 105 cm³/mol. The van der Waals surface area contributed by atoms with Crippen molar-refractivity contribution in [3.8, 4) is 0 Å². The number of halogens is 1. The lowest BCUT2D eigenvalue weighted by molar-refractivity contribution is 0.0531. The molecule has 0 aliphatic rings. The Hall–Kier alpha value is -1.68. The molecule has 0 aliphatic heterocycles. The molecule has 3 rings (SSSR count). The number of fused-ring (bicyclic) bond motifs is 1. The maximum Gasteiger partial charge on any atom is 0.350 e. The van der Waals surface area contributed by atoms with E-state index >= 15 is 0 Å². The summed E-state index contributed by atoms with van der Waals surface area (Å²) in [5.74, 6) is -0.513. The van der Waals surface area contributed by atoms with Crippen molar-refractivity contribution in [3.63, 3.8) is 0 Å². The fourth-order valence-electron chi connectivity index (χ4n) is 2.41. The van der Waals surface area contributed by atoms with Crippen molar-refractivity contribution in [2.24, 2.45) is 0 Å². The van der Waals surface area contributed by atoms with Crippen LogP contribution in [0.2, 0.25) is 5.02 Å². The Morgan fingerprint density at radius 2 is 2.04 bits per heavy atom. The van der Waals surface area contributed by atoms with Crippen LogP contribution < -0.4 is 4.72 Å². The van der Waals surface area contributed by atoms with Gasteiger partial charge in [-0.05, 0) is 49.9 Å². The molecule has 3 aromatic rings. The van der Waals surface area contributed by atoms with Crippen molar-refractivity contribution in [3.05, 3.63) is 39.4 Å². The number of thiophene rings is 1. The lowest BCUT2D eigenvalue weighted by atomic mass is 10.2. The Balaban J connectivity index is 1.96. The van der Waals surface area contributed by atoms with Crippen LogP contribution >= 0.6 is 34.3 Å². The van der Waals surface area contributed by atoms with Gasteiger partial charge in [0, 0.05) is 9.72 Å². The highest BCUT2D eigenvalue weighted by Gasteiger charge is 2.25. The van der Waals surface area contributed by atoms with Crippen LogP contribution in [0.3, 0.4) is 0 Å². The van der Waals surface area contributed by atoms with E-state index in [1.54, 1.807) is 39.0 Å². The second kappa shape index (κ2) is 7.15. The highest BCUT2D eigenvalue weighted by Crippen LogP contribution is 2.37. The fourth-order valence-corrected chi connectivity index (χ4v) is 6.43. The molecule has 2 heterocycles. The highest BCUT2D eigenvalue weighted by molar-refractivity contribution is 7.95. The molecule has 0 saturated heterocycles. The molecule has 0 bridgehead atoms. The summed E-state index contributed by atoms with van der Waals surface area (Å²) in [5, 5.41) is 1.47. The van der Waals surface area contributed by atoms with Crippen LogP contribution in [-0.2, 0) is 14.8 Å². The first-order valence-electron chi connectivity index (χ1n) is 7.59. The SMILES string of the molecule is CCOC(=O)c1sc(NS(=O)(=O)c2sc3ccc(Cl)cc3c2C)nc1C. The minimum atomic E-state index is -3.84. The standard InChI is InChI=1S/C16H15ClN2O4S3/c1-4-23-14(20)13-9(3)18-16(25-13)19-26(21,22)15-8(2)11-7-10(17)5-6-12(11)24-15/h5-7H,4H2,1-3H3,(H,18,19). The number of anilines is 1. The van der Waals surface area contributed by atoms with E-state index < -0.39 is 16.0 Å². The second-order valence-corrected chi connectivity index (χ2v) is 9.78. The molecule has 0 saturated carbocycles. The molecule has 26 heavy (non-hydrogen) atoms. The largest absolute Gasteiger partial charge is 0.462 e. The van der Waals surface area contributed by atoms with E-state index in [1.165, 1.54) is 0 Å². The van der Waals surface area contributed by atoms with E-state index in [0.717, 1.165) is 32.8 Å². The molecule has 0 atom stereocenters. The molecule has 10 heteroatoms. The maximum absolute atomic E-state index is 12.8. The monoisotopic (exact) mass is 430 g/mol. The summed E-state index contributed by atoms with van der Waals surface area (Å²) >= 11 is 8.12. The molecular weight excluding hydrogens is 416 g/mol. The third-order valence-corrected chi connectivity index (χ3v) is 8.23. The first-order valence-corrected chi connectivity index (χ1v) is 11.1. The maximum atomic E-state index is 12.8. The van der Waals surface area contributed by atoms with Gasteiger partial charge in [-0.15, -0.1) is 11.3 Å². The molecule has 6 nitrogen and oxygen atoms in total. The summed E-state index contributed by atoms with van der Waals surface area (Å²) in [6.45, 7) is 5.31. The fraction of sp³-hybridized carbons (Fsp3) is 0.250. The van der Waals surface area contributed by atoms with Crippen molar-refractivity contribution in [1.82, 2.24) is 4.98 Å². The first-order chi connectivity index (χ1) is 12.2. The molecule has 0 spiro atoms. The molecule has 138 valence electrons. The number of hydrogen-bond acceptors (Lipinski definition) is 7. The summed E-state index contributed by atoms with van der Waals surface area (Å²) in [6, 6.07) is 5.26. The van der Waals surface area contributed by atoms with E-state index in [9.17, 15) is 13.2 Å². The lowest BCUT2D eigenvalue weighted by Crippen LogP contribution is -2.12. The molecule has 0 fully saturated rings. The molecule has 2 aromatic heterocycles. The van der Waals surface area contributed by atoms with Gasteiger partial charge in [-0.3, -0.25) is 4.72 Å². The van der Waals surface area contributed by atoms with Gasteiger partial charge in [0.15, 0.2) is 5.13 Å². The molecule has 0 unspecified atom stereocenters. The Bertz CT molecular complexity index is 1100.